The van der Waals surface area contributed by atoms with Crippen LogP contribution in [0.2, 0.25) is 0 Å². The Hall–Kier alpha value is -2.20. The van der Waals surface area contributed by atoms with Crippen molar-refractivity contribution in [2.45, 2.75) is 20.4 Å². The summed E-state index contributed by atoms with van der Waals surface area (Å²) in [6.07, 6.45) is 1.82. The summed E-state index contributed by atoms with van der Waals surface area (Å²) >= 11 is 5.34. The van der Waals surface area contributed by atoms with E-state index in [1.54, 1.807) is 5.01 Å². The quantitative estimate of drug-likeness (QED) is 0.531. The van der Waals surface area contributed by atoms with Gasteiger partial charge in [0.25, 0.3) is 0 Å². The SMILES string of the molecule is Cc1ccc(C=NN(C)C(=S)NCc2ccccc2)cc1C. The van der Waals surface area contributed by atoms with Crippen molar-refractivity contribution < 1.29 is 0 Å². The van der Waals surface area contributed by atoms with Crippen molar-refractivity contribution in [3.8, 4) is 0 Å². The fourth-order valence-corrected chi connectivity index (χ4v) is 2.06. The first-order valence-electron chi connectivity index (χ1n) is 7.23. The van der Waals surface area contributed by atoms with Crippen molar-refractivity contribution >= 4 is 23.5 Å². The van der Waals surface area contributed by atoms with Gasteiger partial charge in [-0.2, -0.15) is 5.10 Å². The minimum absolute atomic E-state index is 0.601. The summed E-state index contributed by atoms with van der Waals surface area (Å²) < 4.78 is 0. The maximum atomic E-state index is 5.34. The summed E-state index contributed by atoms with van der Waals surface area (Å²) in [5, 5.41) is 9.86. The second kappa shape index (κ2) is 7.71. The number of benzene rings is 2. The molecule has 0 atom stereocenters. The monoisotopic (exact) mass is 311 g/mol. The molecule has 0 saturated heterocycles. The number of rotatable bonds is 4. The van der Waals surface area contributed by atoms with E-state index >= 15 is 0 Å². The summed E-state index contributed by atoms with van der Waals surface area (Å²) in [4.78, 5) is 0. The Morgan fingerprint density at radius 1 is 1.14 bits per heavy atom. The van der Waals surface area contributed by atoms with Crippen molar-refractivity contribution in [1.29, 1.82) is 0 Å². The lowest BCUT2D eigenvalue weighted by molar-refractivity contribution is 0.532. The summed E-state index contributed by atoms with van der Waals surface area (Å²) in [5.41, 5.74) is 4.80. The Labute approximate surface area is 137 Å². The lowest BCUT2D eigenvalue weighted by Gasteiger charge is -2.15. The van der Waals surface area contributed by atoms with E-state index in [1.165, 1.54) is 16.7 Å². The van der Waals surface area contributed by atoms with Gasteiger partial charge in [0.05, 0.1) is 6.21 Å². The highest BCUT2D eigenvalue weighted by Crippen LogP contribution is 2.08. The minimum Gasteiger partial charge on any atom is -0.357 e. The lowest BCUT2D eigenvalue weighted by atomic mass is 10.1. The van der Waals surface area contributed by atoms with Crippen molar-refractivity contribution in [3.63, 3.8) is 0 Å². The zero-order valence-corrected chi connectivity index (χ0v) is 14.0. The van der Waals surface area contributed by atoms with Crippen LogP contribution >= 0.6 is 12.2 Å². The fraction of sp³-hybridized carbons (Fsp3) is 0.222. The van der Waals surface area contributed by atoms with Crippen LogP contribution in [-0.4, -0.2) is 23.4 Å². The van der Waals surface area contributed by atoms with E-state index in [2.05, 4.69) is 54.6 Å². The van der Waals surface area contributed by atoms with Gasteiger partial charge in [0.15, 0.2) is 5.11 Å². The Kier molecular flexibility index (Phi) is 5.67. The molecule has 0 spiro atoms. The van der Waals surface area contributed by atoms with Gasteiger partial charge in [-0.05, 0) is 48.3 Å². The third kappa shape index (κ3) is 4.67. The molecule has 0 bridgehead atoms. The van der Waals surface area contributed by atoms with Crippen LogP contribution in [0.15, 0.2) is 53.6 Å². The molecular formula is C18H21N3S. The number of aryl methyl sites for hydroxylation is 2. The van der Waals surface area contributed by atoms with Gasteiger partial charge in [-0.3, -0.25) is 0 Å². The lowest BCUT2D eigenvalue weighted by Crippen LogP contribution is -2.33. The van der Waals surface area contributed by atoms with Gasteiger partial charge in [-0.15, -0.1) is 0 Å². The van der Waals surface area contributed by atoms with Gasteiger partial charge >= 0.3 is 0 Å². The number of nitrogens with zero attached hydrogens (tertiary/aromatic N) is 2. The predicted molar refractivity (Wildman–Crippen MR) is 97.2 cm³/mol. The Morgan fingerprint density at radius 2 is 1.86 bits per heavy atom. The average Bonchev–Trinajstić information content (AvgIpc) is 2.54. The molecule has 0 aliphatic heterocycles. The van der Waals surface area contributed by atoms with Crippen LogP contribution in [0.3, 0.4) is 0 Å². The van der Waals surface area contributed by atoms with Crippen LogP contribution in [0.1, 0.15) is 22.3 Å². The summed E-state index contributed by atoms with van der Waals surface area (Å²) in [6.45, 7) is 4.90. The van der Waals surface area contributed by atoms with Gasteiger partial charge in [-0.25, -0.2) is 5.01 Å². The molecule has 22 heavy (non-hydrogen) atoms. The Balaban J connectivity index is 1.90. The highest BCUT2D eigenvalue weighted by Gasteiger charge is 2.01. The van der Waals surface area contributed by atoms with E-state index in [-0.39, 0.29) is 0 Å². The second-order valence-electron chi connectivity index (χ2n) is 5.26. The molecule has 2 aromatic carbocycles. The van der Waals surface area contributed by atoms with E-state index in [4.69, 9.17) is 12.2 Å². The highest BCUT2D eigenvalue weighted by molar-refractivity contribution is 7.80. The van der Waals surface area contributed by atoms with E-state index < -0.39 is 0 Å². The molecule has 0 aliphatic rings. The predicted octanol–water partition coefficient (Wildman–Crippen LogP) is 3.64. The van der Waals surface area contributed by atoms with Crippen LogP contribution in [0.5, 0.6) is 0 Å². The van der Waals surface area contributed by atoms with Gasteiger partial charge in [0, 0.05) is 13.6 Å². The van der Waals surface area contributed by atoms with Crippen LogP contribution in [0.4, 0.5) is 0 Å². The summed E-state index contributed by atoms with van der Waals surface area (Å²) in [7, 11) is 1.85. The standard InChI is InChI=1S/C18H21N3S/c1-14-9-10-17(11-15(14)2)13-20-21(3)18(22)19-12-16-7-5-4-6-8-16/h4-11,13H,12H2,1-3H3,(H,19,22). The molecule has 4 heteroatoms. The van der Waals surface area contributed by atoms with E-state index in [0.29, 0.717) is 11.7 Å². The zero-order chi connectivity index (χ0) is 15.9. The van der Waals surface area contributed by atoms with Crippen LogP contribution in [0, 0.1) is 13.8 Å². The maximum absolute atomic E-state index is 5.34. The molecule has 0 aromatic heterocycles. The average molecular weight is 311 g/mol. The largest absolute Gasteiger partial charge is 0.357 e. The van der Waals surface area contributed by atoms with E-state index in [1.807, 2.05) is 31.5 Å². The van der Waals surface area contributed by atoms with Crippen LogP contribution in [0.25, 0.3) is 0 Å². The van der Waals surface area contributed by atoms with E-state index in [0.717, 1.165) is 5.56 Å². The smallest absolute Gasteiger partial charge is 0.189 e. The van der Waals surface area contributed by atoms with Crippen molar-refractivity contribution in [2.75, 3.05) is 7.05 Å². The number of thiocarbonyl (C=S) groups is 1. The molecule has 2 rings (SSSR count). The number of hydrogen-bond donors (Lipinski definition) is 1. The van der Waals surface area contributed by atoms with Gasteiger partial charge in [0.2, 0.25) is 0 Å². The maximum Gasteiger partial charge on any atom is 0.189 e. The number of hydrogen-bond acceptors (Lipinski definition) is 2. The third-order valence-corrected chi connectivity index (χ3v) is 3.90. The third-order valence-electron chi connectivity index (χ3n) is 3.49. The molecule has 2 aromatic rings. The second-order valence-corrected chi connectivity index (χ2v) is 5.64. The summed E-state index contributed by atoms with van der Waals surface area (Å²) in [6, 6.07) is 16.4. The Morgan fingerprint density at radius 3 is 2.55 bits per heavy atom. The minimum atomic E-state index is 0.601. The van der Waals surface area contributed by atoms with Crippen molar-refractivity contribution in [1.82, 2.24) is 10.3 Å². The van der Waals surface area contributed by atoms with Crippen LogP contribution in [-0.2, 0) is 6.54 Å². The molecule has 0 fully saturated rings. The van der Waals surface area contributed by atoms with Crippen LogP contribution < -0.4 is 5.32 Å². The topological polar surface area (TPSA) is 27.6 Å². The molecule has 114 valence electrons. The summed E-state index contributed by atoms with van der Waals surface area (Å²) in [5.74, 6) is 0. The first-order valence-corrected chi connectivity index (χ1v) is 7.64. The molecule has 0 heterocycles. The number of nitrogens with one attached hydrogen (secondary N) is 1. The van der Waals surface area contributed by atoms with E-state index in [9.17, 15) is 0 Å². The highest BCUT2D eigenvalue weighted by atomic mass is 32.1. The van der Waals surface area contributed by atoms with Gasteiger partial charge in [0.1, 0.15) is 0 Å². The van der Waals surface area contributed by atoms with Crippen molar-refractivity contribution in [2.24, 2.45) is 5.10 Å². The molecule has 3 nitrogen and oxygen atoms in total. The first kappa shape index (κ1) is 16.2. The molecular weight excluding hydrogens is 290 g/mol. The van der Waals surface area contributed by atoms with Gasteiger partial charge in [-0.1, -0.05) is 48.5 Å². The zero-order valence-electron chi connectivity index (χ0n) is 13.2. The molecule has 1 N–H and O–H groups in total. The molecule has 0 saturated carbocycles. The Bertz CT molecular complexity index is 665. The molecule has 0 amide bonds. The normalized spacial score (nSPS) is 10.7. The first-order chi connectivity index (χ1) is 10.6. The van der Waals surface area contributed by atoms with Gasteiger partial charge < -0.3 is 5.32 Å². The molecule has 0 unspecified atom stereocenters. The van der Waals surface area contributed by atoms with Crippen molar-refractivity contribution in [3.05, 3.63) is 70.8 Å². The fourth-order valence-electron chi connectivity index (χ4n) is 1.94. The number of hydrazone groups is 1. The molecule has 0 aliphatic carbocycles. The molecule has 0 radical (unpaired) electrons.